The topological polar surface area (TPSA) is 47.0 Å². The van der Waals surface area contributed by atoms with Crippen molar-refractivity contribution in [2.24, 2.45) is 0 Å². The van der Waals surface area contributed by atoms with Crippen molar-refractivity contribution in [2.75, 3.05) is 0 Å². The van der Waals surface area contributed by atoms with Gasteiger partial charge in [0.1, 0.15) is 0 Å². The number of benzene rings is 1. The van der Waals surface area contributed by atoms with Gasteiger partial charge in [-0.3, -0.25) is 14.6 Å². The highest BCUT2D eigenvalue weighted by atomic mass is 16.1. The van der Waals surface area contributed by atoms with Gasteiger partial charge in [-0.25, -0.2) is 0 Å². The number of carbonyl (C=O) groups is 2. The smallest absolute Gasteiger partial charge is 0.162 e. The molecule has 0 aliphatic rings. The van der Waals surface area contributed by atoms with Crippen LogP contribution in [0.1, 0.15) is 45.5 Å². The molecule has 3 nitrogen and oxygen atoms in total. The summed E-state index contributed by atoms with van der Waals surface area (Å²) in [6.07, 6.45) is 4.57. The van der Waals surface area contributed by atoms with Crippen molar-refractivity contribution in [2.45, 2.75) is 26.2 Å². The number of hydrogen-bond acceptors (Lipinski definition) is 3. The SMILES string of the molecule is Cc1ccc(C(=O)CCCC(=O)c2ccncc2)cc1. The lowest BCUT2D eigenvalue weighted by atomic mass is 10.0. The normalized spacial score (nSPS) is 10.2. The molecule has 20 heavy (non-hydrogen) atoms. The van der Waals surface area contributed by atoms with E-state index >= 15 is 0 Å². The zero-order chi connectivity index (χ0) is 14.4. The summed E-state index contributed by atoms with van der Waals surface area (Å²) in [5.41, 5.74) is 2.50. The molecule has 0 atom stereocenters. The van der Waals surface area contributed by atoms with Gasteiger partial charge in [-0.15, -0.1) is 0 Å². The van der Waals surface area contributed by atoms with Gasteiger partial charge in [0.25, 0.3) is 0 Å². The number of Topliss-reactive ketones (excluding diaryl/α,β-unsaturated/α-hetero) is 2. The second-order valence-corrected chi connectivity index (χ2v) is 4.80. The molecular weight excluding hydrogens is 250 g/mol. The van der Waals surface area contributed by atoms with E-state index in [-0.39, 0.29) is 11.6 Å². The fraction of sp³-hybridized carbons (Fsp3) is 0.235. The van der Waals surface area contributed by atoms with Gasteiger partial charge in [0.05, 0.1) is 0 Å². The molecule has 0 amide bonds. The molecule has 0 saturated heterocycles. The second kappa shape index (κ2) is 6.75. The Hall–Kier alpha value is -2.29. The summed E-state index contributed by atoms with van der Waals surface area (Å²) in [5.74, 6) is 0.150. The quantitative estimate of drug-likeness (QED) is 0.751. The van der Waals surface area contributed by atoms with E-state index in [1.807, 2.05) is 31.2 Å². The average molecular weight is 267 g/mol. The second-order valence-electron chi connectivity index (χ2n) is 4.80. The van der Waals surface area contributed by atoms with Gasteiger partial charge in [0, 0.05) is 36.4 Å². The summed E-state index contributed by atoms with van der Waals surface area (Å²) in [6, 6.07) is 10.9. The molecule has 3 heteroatoms. The zero-order valence-corrected chi connectivity index (χ0v) is 11.5. The number of pyridine rings is 1. The molecule has 2 aromatic rings. The summed E-state index contributed by atoms with van der Waals surface area (Å²) in [5, 5.41) is 0. The van der Waals surface area contributed by atoms with Gasteiger partial charge in [-0.05, 0) is 25.5 Å². The molecule has 0 N–H and O–H groups in total. The average Bonchev–Trinajstić information content (AvgIpc) is 2.48. The maximum absolute atomic E-state index is 12.0. The number of carbonyl (C=O) groups excluding carboxylic acids is 2. The van der Waals surface area contributed by atoms with Crippen molar-refractivity contribution >= 4 is 11.6 Å². The highest BCUT2D eigenvalue weighted by Gasteiger charge is 2.09. The van der Waals surface area contributed by atoms with E-state index in [9.17, 15) is 9.59 Å². The van der Waals surface area contributed by atoms with Crippen molar-refractivity contribution in [3.8, 4) is 0 Å². The van der Waals surface area contributed by atoms with Crippen molar-refractivity contribution < 1.29 is 9.59 Å². The Bertz CT molecular complexity index is 588. The molecule has 0 spiro atoms. The molecule has 0 radical (unpaired) electrons. The third kappa shape index (κ3) is 3.85. The van der Waals surface area contributed by atoms with Gasteiger partial charge in [-0.1, -0.05) is 29.8 Å². The summed E-state index contributed by atoms with van der Waals surface area (Å²) in [4.78, 5) is 27.7. The van der Waals surface area contributed by atoms with Crippen LogP contribution in [0.25, 0.3) is 0 Å². The Kier molecular flexibility index (Phi) is 4.77. The molecule has 102 valence electrons. The highest BCUT2D eigenvalue weighted by molar-refractivity contribution is 5.98. The van der Waals surface area contributed by atoms with E-state index in [1.54, 1.807) is 24.5 Å². The molecular formula is C17H17NO2. The molecule has 0 aliphatic heterocycles. The summed E-state index contributed by atoms with van der Waals surface area (Å²) >= 11 is 0. The minimum atomic E-state index is 0.0594. The standard InChI is InChI=1S/C17H17NO2/c1-13-5-7-14(8-6-13)16(19)3-2-4-17(20)15-9-11-18-12-10-15/h5-12H,2-4H2,1H3. The van der Waals surface area contributed by atoms with Crippen molar-refractivity contribution in [1.29, 1.82) is 0 Å². The van der Waals surface area contributed by atoms with Crippen LogP contribution in [-0.4, -0.2) is 16.6 Å². The van der Waals surface area contributed by atoms with E-state index in [4.69, 9.17) is 0 Å². The lowest BCUT2D eigenvalue weighted by Crippen LogP contribution is -2.03. The largest absolute Gasteiger partial charge is 0.294 e. The number of nitrogens with zero attached hydrogens (tertiary/aromatic N) is 1. The van der Waals surface area contributed by atoms with E-state index in [1.165, 1.54) is 0 Å². The number of rotatable bonds is 6. The van der Waals surface area contributed by atoms with Crippen LogP contribution in [0.3, 0.4) is 0 Å². The van der Waals surface area contributed by atoms with E-state index in [0.29, 0.717) is 30.4 Å². The number of aryl methyl sites for hydroxylation is 1. The van der Waals surface area contributed by atoms with Crippen molar-refractivity contribution in [3.63, 3.8) is 0 Å². The predicted molar refractivity (Wildman–Crippen MR) is 77.9 cm³/mol. The third-order valence-corrected chi connectivity index (χ3v) is 3.18. The third-order valence-electron chi connectivity index (χ3n) is 3.18. The summed E-state index contributed by atoms with van der Waals surface area (Å²) < 4.78 is 0. The summed E-state index contributed by atoms with van der Waals surface area (Å²) in [6.45, 7) is 1.99. The van der Waals surface area contributed by atoms with Crippen LogP contribution in [-0.2, 0) is 0 Å². The minimum Gasteiger partial charge on any atom is -0.294 e. The van der Waals surface area contributed by atoms with Crippen LogP contribution < -0.4 is 0 Å². The van der Waals surface area contributed by atoms with Crippen LogP contribution in [0.4, 0.5) is 0 Å². The Balaban J connectivity index is 1.83. The van der Waals surface area contributed by atoms with Gasteiger partial charge in [0.15, 0.2) is 11.6 Å². The molecule has 1 heterocycles. The monoisotopic (exact) mass is 267 g/mol. The molecule has 0 saturated carbocycles. The molecule has 1 aromatic carbocycles. The lowest BCUT2D eigenvalue weighted by Gasteiger charge is -2.02. The van der Waals surface area contributed by atoms with Crippen molar-refractivity contribution in [3.05, 3.63) is 65.5 Å². The fourth-order valence-electron chi connectivity index (χ4n) is 1.98. The number of hydrogen-bond donors (Lipinski definition) is 0. The molecule has 2 rings (SSSR count). The number of aromatic nitrogens is 1. The minimum absolute atomic E-state index is 0.0594. The Labute approximate surface area is 118 Å². The maximum atomic E-state index is 12.0. The summed E-state index contributed by atoms with van der Waals surface area (Å²) in [7, 11) is 0. The van der Waals surface area contributed by atoms with Crippen LogP contribution in [0.5, 0.6) is 0 Å². The van der Waals surface area contributed by atoms with Crippen LogP contribution in [0.2, 0.25) is 0 Å². The number of ketones is 2. The Morgan fingerprint density at radius 3 is 1.90 bits per heavy atom. The van der Waals surface area contributed by atoms with Crippen LogP contribution in [0.15, 0.2) is 48.8 Å². The van der Waals surface area contributed by atoms with E-state index in [0.717, 1.165) is 5.56 Å². The Morgan fingerprint density at radius 1 is 0.850 bits per heavy atom. The zero-order valence-electron chi connectivity index (χ0n) is 11.5. The highest BCUT2D eigenvalue weighted by Crippen LogP contribution is 2.11. The van der Waals surface area contributed by atoms with E-state index < -0.39 is 0 Å². The van der Waals surface area contributed by atoms with Crippen LogP contribution in [0, 0.1) is 6.92 Å². The first-order valence-electron chi connectivity index (χ1n) is 6.70. The van der Waals surface area contributed by atoms with E-state index in [2.05, 4.69) is 4.98 Å². The fourth-order valence-corrected chi connectivity index (χ4v) is 1.98. The molecule has 0 unspecified atom stereocenters. The maximum Gasteiger partial charge on any atom is 0.162 e. The molecule has 0 fully saturated rings. The molecule has 1 aromatic heterocycles. The first-order valence-corrected chi connectivity index (χ1v) is 6.70. The first-order chi connectivity index (χ1) is 9.66. The van der Waals surface area contributed by atoms with Crippen LogP contribution >= 0.6 is 0 Å². The van der Waals surface area contributed by atoms with Gasteiger partial charge in [-0.2, -0.15) is 0 Å². The van der Waals surface area contributed by atoms with Gasteiger partial charge in [0.2, 0.25) is 0 Å². The Morgan fingerprint density at radius 2 is 1.35 bits per heavy atom. The van der Waals surface area contributed by atoms with Gasteiger partial charge >= 0.3 is 0 Å². The van der Waals surface area contributed by atoms with Crippen molar-refractivity contribution in [1.82, 2.24) is 4.98 Å². The molecule has 0 aliphatic carbocycles. The lowest BCUT2D eigenvalue weighted by molar-refractivity contribution is 0.0957. The first kappa shape index (κ1) is 14.1. The van der Waals surface area contributed by atoms with Gasteiger partial charge < -0.3 is 0 Å². The predicted octanol–water partition coefficient (Wildman–Crippen LogP) is 3.63. The molecule has 0 bridgehead atoms.